The lowest BCUT2D eigenvalue weighted by Crippen LogP contribution is -1.82. The Morgan fingerprint density at radius 1 is 0.600 bits per heavy atom. The van der Waals surface area contributed by atoms with Crippen LogP contribution in [0.25, 0.3) is 0 Å². The van der Waals surface area contributed by atoms with Gasteiger partial charge in [-0.3, -0.25) is 0 Å². The molecule has 0 aliphatic carbocycles. The van der Waals surface area contributed by atoms with Gasteiger partial charge in [0.05, 0.1) is 0 Å². The van der Waals surface area contributed by atoms with E-state index in [1.807, 2.05) is 0 Å². The first-order valence-electron chi connectivity index (χ1n) is 6.47. The van der Waals surface area contributed by atoms with Crippen LogP contribution in [0.2, 0.25) is 0 Å². The number of rotatable bonds is 11. The summed E-state index contributed by atoms with van der Waals surface area (Å²) in [5.74, 6) is 0. The summed E-state index contributed by atoms with van der Waals surface area (Å²) in [6.45, 7) is 2.28. The second kappa shape index (κ2) is 16.9. The summed E-state index contributed by atoms with van der Waals surface area (Å²) in [5, 5.41) is 1.18. The third kappa shape index (κ3) is 17.1. The van der Waals surface area contributed by atoms with Crippen LogP contribution in [0.4, 0.5) is 0 Å². The summed E-state index contributed by atoms with van der Waals surface area (Å²) in [4.78, 5) is 0. The zero-order valence-electron chi connectivity index (χ0n) is 10.6. The quantitative estimate of drug-likeness (QED) is 0.373. The van der Waals surface area contributed by atoms with Crippen molar-refractivity contribution in [3.63, 3.8) is 0 Å². The molecule has 1 nitrogen and oxygen atoms in total. The molecular weight excluding hydrogens is 250 g/mol. The Labute approximate surface area is 105 Å². The van der Waals surface area contributed by atoms with Crippen LogP contribution in [-0.4, -0.2) is 5.33 Å². The monoisotopic (exact) mass is 279 g/mol. The Morgan fingerprint density at radius 3 is 1.27 bits per heavy atom. The van der Waals surface area contributed by atoms with Crippen molar-refractivity contribution in [2.45, 2.75) is 77.6 Å². The molecule has 3 N–H and O–H groups in total. The summed E-state index contributed by atoms with van der Waals surface area (Å²) in [7, 11) is 0. The lowest BCUT2D eigenvalue weighted by Gasteiger charge is -2.01. The average molecular weight is 280 g/mol. The van der Waals surface area contributed by atoms with Crippen molar-refractivity contribution in [2.24, 2.45) is 0 Å². The third-order valence-corrected chi connectivity index (χ3v) is 3.30. The van der Waals surface area contributed by atoms with Gasteiger partial charge in [-0.15, -0.1) is 0 Å². The summed E-state index contributed by atoms with van der Waals surface area (Å²) in [5.41, 5.74) is 0. The number of hydrogen-bond acceptors (Lipinski definition) is 1. The zero-order chi connectivity index (χ0) is 10.5. The summed E-state index contributed by atoms with van der Waals surface area (Å²) < 4.78 is 0. The molecule has 0 spiro atoms. The van der Waals surface area contributed by atoms with Gasteiger partial charge in [0.1, 0.15) is 0 Å². The normalized spacial score (nSPS) is 10.0. The number of hydrogen-bond donors (Lipinski definition) is 1. The van der Waals surface area contributed by atoms with Gasteiger partial charge in [-0.1, -0.05) is 87.1 Å². The Balaban J connectivity index is 0. The molecule has 0 aliphatic rings. The van der Waals surface area contributed by atoms with E-state index in [0.717, 1.165) is 0 Å². The van der Waals surface area contributed by atoms with Crippen molar-refractivity contribution in [3.8, 4) is 0 Å². The van der Waals surface area contributed by atoms with E-state index < -0.39 is 0 Å². The van der Waals surface area contributed by atoms with Gasteiger partial charge in [0, 0.05) is 5.33 Å². The molecule has 0 amide bonds. The molecule has 0 rings (SSSR count). The lowest BCUT2D eigenvalue weighted by atomic mass is 10.1. The average Bonchev–Trinajstić information content (AvgIpc) is 2.21. The van der Waals surface area contributed by atoms with Gasteiger partial charge >= 0.3 is 0 Å². The fourth-order valence-electron chi connectivity index (χ4n) is 1.76. The van der Waals surface area contributed by atoms with Crippen LogP contribution < -0.4 is 6.15 Å². The first kappa shape index (κ1) is 17.8. The van der Waals surface area contributed by atoms with Gasteiger partial charge in [-0.05, 0) is 6.42 Å². The highest BCUT2D eigenvalue weighted by Crippen LogP contribution is 2.11. The van der Waals surface area contributed by atoms with Gasteiger partial charge in [0.2, 0.25) is 0 Å². The minimum atomic E-state index is 0. The minimum absolute atomic E-state index is 0. The van der Waals surface area contributed by atoms with Crippen LogP contribution in [0, 0.1) is 0 Å². The van der Waals surface area contributed by atoms with E-state index in [-0.39, 0.29) is 6.15 Å². The molecule has 94 valence electrons. The fourth-order valence-corrected chi connectivity index (χ4v) is 2.16. The Hall–Kier alpha value is 0.440. The summed E-state index contributed by atoms with van der Waals surface area (Å²) in [6.07, 6.45) is 15.8. The second-order valence-corrected chi connectivity index (χ2v) is 5.02. The molecule has 0 aromatic carbocycles. The third-order valence-electron chi connectivity index (χ3n) is 2.74. The van der Waals surface area contributed by atoms with E-state index in [0.29, 0.717) is 0 Å². The van der Waals surface area contributed by atoms with Crippen molar-refractivity contribution in [1.82, 2.24) is 6.15 Å². The van der Waals surface area contributed by atoms with Crippen LogP contribution in [0.3, 0.4) is 0 Å². The molecule has 0 fully saturated rings. The summed E-state index contributed by atoms with van der Waals surface area (Å²) >= 11 is 3.47. The van der Waals surface area contributed by atoms with Crippen molar-refractivity contribution in [3.05, 3.63) is 0 Å². The zero-order valence-corrected chi connectivity index (χ0v) is 12.2. The summed E-state index contributed by atoms with van der Waals surface area (Å²) in [6, 6.07) is 0. The van der Waals surface area contributed by atoms with Crippen LogP contribution in [0.15, 0.2) is 0 Å². The van der Waals surface area contributed by atoms with Gasteiger partial charge in [-0.2, -0.15) is 0 Å². The number of unbranched alkanes of at least 4 members (excludes halogenated alkanes) is 10. The van der Waals surface area contributed by atoms with Gasteiger partial charge in [0.25, 0.3) is 0 Å². The molecule has 0 aromatic heterocycles. The first-order valence-corrected chi connectivity index (χ1v) is 7.60. The maximum Gasteiger partial charge on any atom is 0.00313 e. The highest BCUT2D eigenvalue weighted by molar-refractivity contribution is 9.09. The van der Waals surface area contributed by atoms with Gasteiger partial charge in [-0.25, -0.2) is 0 Å². The van der Waals surface area contributed by atoms with E-state index >= 15 is 0 Å². The highest BCUT2D eigenvalue weighted by Gasteiger charge is 1.91. The molecule has 15 heavy (non-hydrogen) atoms. The SMILES string of the molecule is CCCCCCCCCCCCCBr.N. The molecule has 0 unspecified atom stereocenters. The van der Waals surface area contributed by atoms with E-state index in [1.54, 1.807) is 0 Å². The molecule has 0 atom stereocenters. The number of halogens is 1. The van der Waals surface area contributed by atoms with Crippen molar-refractivity contribution in [2.75, 3.05) is 5.33 Å². The Morgan fingerprint density at radius 2 is 0.933 bits per heavy atom. The molecule has 0 bridgehead atoms. The maximum atomic E-state index is 3.47. The van der Waals surface area contributed by atoms with Gasteiger partial charge in [0.15, 0.2) is 0 Å². The number of alkyl halides is 1. The molecule has 0 heterocycles. The standard InChI is InChI=1S/C13H27Br.H3N/c1-2-3-4-5-6-7-8-9-10-11-12-13-14;/h2-13H2,1H3;1H3. The second-order valence-electron chi connectivity index (χ2n) is 4.22. The van der Waals surface area contributed by atoms with Crippen LogP contribution in [0.1, 0.15) is 77.6 Å². The smallest absolute Gasteiger partial charge is 0.00313 e. The molecule has 2 heteroatoms. The highest BCUT2D eigenvalue weighted by atomic mass is 79.9. The predicted molar refractivity (Wildman–Crippen MR) is 75.3 cm³/mol. The lowest BCUT2D eigenvalue weighted by molar-refractivity contribution is 0.555. The molecule has 0 saturated heterocycles. The molecule has 0 saturated carbocycles. The van der Waals surface area contributed by atoms with Crippen LogP contribution >= 0.6 is 15.9 Å². The largest absolute Gasteiger partial charge is 0.344 e. The minimum Gasteiger partial charge on any atom is -0.344 e. The Bertz CT molecular complexity index is 84.5. The van der Waals surface area contributed by atoms with Crippen molar-refractivity contribution >= 4 is 15.9 Å². The van der Waals surface area contributed by atoms with Crippen LogP contribution in [0.5, 0.6) is 0 Å². The van der Waals surface area contributed by atoms with E-state index in [1.165, 1.54) is 76.0 Å². The maximum absolute atomic E-state index is 3.47. The van der Waals surface area contributed by atoms with Gasteiger partial charge < -0.3 is 6.15 Å². The van der Waals surface area contributed by atoms with E-state index in [2.05, 4.69) is 22.9 Å². The van der Waals surface area contributed by atoms with E-state index in [4.69, 9.17) is 0 Å². The van der Waals surface area contributed by atoms with Crippen molar-refractivity contribution in [1.29, 1.82) is 0 Å². The van der Waals surface area contributed by atoms with Crippen molar-refractivity contribution < 1.29 is 0 Å². The molecule has 0 radical (unpaired) electrons. The molecule has 0 aliphatic heterocycles. The Kier molecular flexibility index (Phi) is 20.0. The topological polar surface area (TPSA) is 35.0 Å². The van der Waals surface area contributed by atoms with E-state index in [9.17, 15) is 0 Å². The first-order chi connectivity index (χ1) is 6.91. The fraction of sp³-hybridized carbons (Fsp3) is 1.00. The molecular formula is C13H30BrN. The predicted octanol–water partition coefficient (Wildman–Crippen LogP) is 5.85. The molecule has 0 aromatic rings. The van der Waals surface area contributed by atoms with Crippen LogP contribution in [-0.2, 0) is 0 Å².